The lowest BCUT2D eigenvalue weighted by molar-refractivity contribution is -0.168. The van der Waals surface area contributed by atoms with Gasteiger partial charge in [0.25, 0.3) is 0 Å². The van der Waals surface area contributed by atoms with E-state index in [4.69, 9.17) is 21.1 Å². The molecule has 0 spiro atoms. The molecule has 4 aromatic rings. The van der Waals surface area contributed by atoms with Crippen LogP contribution >= 0.6 is 11.6 Å². The maximum absolute atomic E-state index is 5.99. The van der Waals surface area contributed by atoms with Crippen LogP contribution in [0.25, 0.3) is 21.8 Å². The van der Waals surface area contributed by atoms with E-state index in [2.05, 4.69) is 52.0 Å². The number of benzene rings is 2. The Morgan fingerprint density at radius 1 is 1.00 bits per heavy atom. The smallest absolute Gasteiger partial charge is 0.158 e. The molecule has 1 fully saturated rings. The van der Waals surface area contributed by atoms with Crippen LogP contribution in [-0.2, 0) is 22.6 Å². The van der Waals surface area contributed by atoms with E-state index in [0.717, 1.165) is 31.6 Å². The number of nitrogens with zero attached hydrogens (tertiary/aromatic N) is 2. The number of fused-ring (bicyclic) bond motifs is 3. The quantitative estimate of drug-likeness (QED) is 0.385. The number of halogens is 1. The van der Waals surface area contributed by atoms with E-state index in [1.54, 1.807) is 0 Å². The summed E-state index contributed by atoms with van der Waals surface area (Å²) in [6.07, 6.45) is 5.07. The van der Waals surface area contributed by atoms with Crippen molar-refractivity contribution in [2.45, 2.75) is 38.7 Å². The van der Waals surface area contributed by atoms with Crippen LogP contribution < -0.4 is 0 Å². The molecule has 0 saturated carbocycles. The molecular formula is C24H23ClN2O2. The third kappa shape index (κ3) is 3.88. The van der Waals surface area contributed by atoms with Crippen LogP contribution in [0.3, 0.4) is 0 Å². The van der Waals surface area contributed by atoms with Crippen LogP contribution in [-0.4, -0.2) is 22.4 Å². The number of pyridine rings is 1. The number of rotatable bonds is 5. The van der Waals surface area contributed by atoms with Crippen LogP contribution in [0.5, 0.6) is 0 Å². The van der Waals surface area contributed by atoms with Crippen molar-refractivity contribution in [1.82, 2.24) is 9.55 Å². The normalized spacial score (nSPS) is 17.2. The number of hydrogen-bond acceptors (Lipinski definition) is 3. The van der Waals surface area contributed by atoms with Crippen LogP contribution in [0.4, 0.5) is 0 Å². The lowest BCUT2D eigenvalue weighted by Gasteiger charge is -2.22. The molecular weight excluding hydrogens is 384 g/mol. The van der Waals surface area contributed by atoms with Gasteiger partial charge in [0.15, 0.2) is 6.29 Å². The van der Waals surface area contributed by atoms with Crippen LogP contribution in [0, 0.1) is 0 Å². The SMILES string of the molecule is Clc1ccc(Cn2c3ccccc3c3cc(COC4CCCCO4)ccc32)cn1. The molecule has 2 aromatic heterocycles. The van der Waals surface area contributed by atoms with E-state index >= 15 is 0 Å². The van der Waals surface area contributed by atoms with Gasteiger partial charge in [-0.1, -0.05) is 41.9 Å². The molecule has 2 aromatic carbocycles. The third-order valence-electron chi connectivity index (χ3n) is 5.54. The summed E-state index contributed by atoms with van der Waals surface area (Å²) in [5.41, 5.74) is 4.71. The van der Waals surface area contributed by atoms with Crippen molar-refractivity contribution in [1.29, 1.82) is 0 Å². The van der Waals surface area contributed by atoms with Gasteiger partial charge in [-0.05, 0) is 54.7 Å². The van der Waals surface area contributed by atoms with Gasteiger partial charge >= 0.3 is 0 Å². The number of hydrogen-bond donors (Lipinski definition) is 0. The van der Waals surface area contributed by atoms with Gasteiger partial charge in [-0.15, -0.1) is 0 Å². The molecule has 5 rings (SSSR count). The van der Waals surface area contributed by atoms with E-state index in [0.29, 0.717) is 11.8 Å². The van der Waals surface area contributed by atoms with Crippen molar-refractivity contribution in [3.05, 3.63) is 77.1 Å². The molecule has 0 bridgehead atoms. The fraction of sp³-hybridized carbons (Fsp3) is 0.292. The summed E-state index contributed by atoms with van der Waals surface area (Å²) in [6, 6.07) is 19.0. The van der Waals surface area contributed by atoms with Gasteiger partial charge < -0.3 is 14.0 Å². The zero-order valence-electron chi connectivity index (χ0n) is 16.2. The highest BCUT2D eigenvalue weighted by Gasteiger charge is 2.15. The molecule has 4 nitrogen and oxygen atoms in total. The fourth-order valence-electron chi connectivity index (χ4n) is 4.08. The van der Waals surface area contributed by atoms with E-state index in [-0.39, 0.29) is 6.29 Å². The first-order valence-corrected chi connectivity index (χ1v) is 10.5. The molecule has 1 unspecified atom stereocenters. The Hall–Kier alpha value is -2.40. The van der Waals surface area contributed by atoms with Gasteiger partial charge in [0, 0.05) is 41.2 Å². The molecule has 1 aliphatic heterocycles. The van der Waals surface area contributed by atoms with Gasteiger partial charge in [0.05, 0.1) is 6.61 Å². The van der Waals surface area contributed by atoms with Gasteiger partial charge in [0.1, 0.15) is 5.15 Å². The van der Waals surface area contributed by atoms with E-state index in [1.807, 2.05) is 18.3 Å². The second-order valence-electron chi connectivity index (χ2n) is 7.55. The van der Waals surface area contributed by atoms with Gasteiger partial charge in [-0.25, -0.2) is 4.98 Å². The standard InChI is InChI=1S/C24H23ClN2O2/c25-23-11-9-18(14-26-23)15-27-21-6-2-1-5-19(21)20-13-17(8-10-22(20)27)16-29-24-7-3-4-12-28-24/h1-2,5-6,8-11,13-14,24H,3-4,7,12,15-16H2. The fourth-order valence-corrected chi connectivity index (χ4v) is 4.19. The summed E-state index contributed by atoms with van der Waals surface area (Å²) in [7, 11) is 0. The molecule has 29 heavy (non-hydrogen) atoms. The minimum Gasteiger partial charge on any atom is -0.353 e. The van der Waals surface area contributed by atoms with Crippen molar-refractivity contribution in [3.63, 3.8) is 0 Å². The Balaban J connectivity index is 1.48. The minimum atomic E-state index is -0.0711. The lowest BCUT2D eigenvalue weighted by atomic mass is 10.1. The highest BCUT2D eigenvalue weighted by molar-refractivity contribution is 6.29. The molecule has 0 aliphatic carbocycles. The Kier molecular flexibility index (Phi) is 5.23. The first-order chi connectivity index (χ1) is 14.3. The lowest BCUT2D eigenvalue weighted by Crippen LogP contribution is -2.21. The number of para-hydroxylation sites is 1. The molecule has 5 heteroatoms. The highest BCUT2D eigenvalue weighted by Crippen LogP contribution is 2.31. The average molecular weight is 407 g/mol. The summed E-state index contributed by atoms with van der Waals surface area (Å²) >= 11 is 5.95. The molecule has 1 saturated heterocycles. The minimum absolute atomic E-state index is 0.0711. The zero-order valence-corrected chi connectivity index (χ0v) is 16.9. The molecule has 1 aliphatic rings. The van der Waals surface area contributed by atoms with Gasteiger partial charge in [-0.2, -0.15) is 0 Å². The average Bonchev–Trinajstić information content (AvgIpc) is 3.08. The third-order valence-corrected chi connectivity index (χ3v) is 5.76. The van der Waals surface area contributed by atoms with Crippen molar-refractivity contribution >= 4 is 33.4 Å². The summed E-state index contributed by atoms with van der Waals surface area (Å²) in [5, 5.41) is 3.01. The summed E-state index contributed by atoms with van der Waals surface area (Å²) < 4.78 is 14.0. The Labute approximate surface area is 175 Å². The Bertz CT molecular complexity index is 1130. The second kappa shape index (κ2) is 8.15. The summed E-state index contributed by atoms with van der Waals surface area (Å²) in [5.74, 6) is 0. The van der Waals surface area contributed by atoms with Crippen molar-refractivity contribution in [3.8, 4) is 0 Å². The van der Waals surface area contributed by atoms with Crippen LogP contribution in [0.15, 0.2) is 60.8 Å². The Morgan fingerprint density at radius 2 is 1.86 bits per heavy atom. The number of aromatic nitrogens is 2. The van der Waals surface area contributed by atoms with Crippen molar-refractivity contribution in [2.24, 2.45) is 0 Å². The first-order valence-electron chi connectivity index (χ1n) is 10.1. The predicted molar refractivity (Wildman–Crippen MR) is 116 cm³/mol. The van der Waals surface area contributed by atoms with E-state index in [1.165, 1.54) is 33.8 Å². The molecule has 0 amide bonds. The van der Waals surface area contributed by atoms with E-state index < -0.39 is 0 Å². The molecule has 1 atom stereocenters. The number of ether oxygens (including phenoxy) is 2. The molecule has 0 radical (unpaired) electrons. The summed E-state index contributed by atoms with van der Waals surface area (Å²) in [4.78, 5) is 4.23. The predicted octanol–water partition coefficient (Wildman–Crippen LogP) is 5.93. The zero-order chi connectivity index (χ0) is 19.6. The maximum atomic E-state index is 5.99. The molecule has 148 valence electrons. The van der Waals surface area contributed by atoms with Crippen molar-refractivity contribution < 1.29 is 9.47 Å². The molecule has 3 heterocycles. The topological polar surface area (TPSA) is 36.3 Å². The first kappa shape index (κ1) is 18.6. The second-order valence-corrected chi connectivity index (χ2v) is 7.94. The highest BCUT2D eigenvalue weighted by atomic mass is 35.5. The van der Waals surface area contributed by atoms with E-state index in [9.17, 15) is 0 Å². The van der Waals surface area contributed by atoms with Crippen LogP contribution in [0.1, 0.15) is 30.4 Å². The van der Waals surface area contributed by atoms with Gasteiger partial charge in [-0.3, -0.25) is 0 Å². The largest absolute Gasteiger partial charge is 0.353 e. The molecule has 0 N–H and O–H groups in total. The van der Waals surface area contributed by atoms with Crippen molar-refractivity contribution in [2.75, 3.05) is 6.61 Å². The monoisotopic (exact) mass is 406 g/mol. The van der Waals surface area contributed by atoms with Crippen LogP contribution in [0.2, 0.25) is 5.15 Å². The van der Waals surface area contributed by atoms with Gasteiger partial charge in [0.2, 0.25) is 0 Å². The maximum Gasteiger partial charge on any atom is 0.158 e. The Morgan fingerprint density at radius 3 is 2.69 bits per heavy atom. The summed E-state index contributed by atoms with van der Waals surface area (Å²) in [6.45, 7) is 2.12.